The molecule has 7 nitrogen and oxygen atoms in total. The Morgan fingerprint density at radius 2 is 1.94 bits per heavy atom. The molecule has 0 saturated carbocycles. The molecule has 1 aromatic carbocycles. The van der Waals surface area contributed by atoms with E-state index in [0.29, 0.717) is 30.6 Å². The first-order valence-electron chi connectivity index (χ1n) is 10.7. The lowest BCUT2D eigenvalue weighted by molar-refractivity contribution is -0.221. The first kappa shape index (κ1) is 25.5. The quantitative estimate of drug-likeness (QED) is 0.255. The minimum absolute atomic E-state index is 0.359. The zero-order valence-corrected chi connectivity index (χ0v) is 23.1. The van der Waals surface area contributed by atoms with Crippen LogP contribution in [-0.4, -0.2) is 48.8 Å². The second-order valence-electron chi connectivity index (χ2n) is 8.96. The van der Waals surface area contributed by atoms with E-state index in [1.54, 1.807) is 12.1 Å². The van der Waals surface area contributed by atoms with E-state index in [0.717, 1.165) is 5.56 Å². The summed E-state index contributed by atoms with van der Waals surface area (Å²) in [5.74, 6) is -0.864. The van der Waals surface area contributed by atoms with Crippen LogP contribution in [0.15, 0.2) is 36.8 Å². The third kappa shape index (κ3) is 4.44. The Labute approximate surface area is 227 Å². The molecular formula is C23H22Cl3N3O4S2. The van der Waals surface area contributed by atoms with Crippen LogP contribution in [0.2, 0.25) is 15.2 Å². The van der Waals surface area contributed by atoms with E-state index < -0.39 is 35.9 Å². The average Bonchev–Trinajstić information content (AvgIpc) is 3.41. The van der Waals surface area contributed by atoms with Crippen LogP contribution >= 0.6 is 58.8 Å². The SMILES string of the molecule is CSC(=S)OC(c1ccc(Cl)c(Cl)c1)[C@H]1O[C@@H](n2ccc3c(Cl)ncnc32)[C@@H]2OC(C)(C)O[C@]12C. The summed E-state index contributed by atoms with van der Waals surface area (Å²) in [5, 5.41) is 1.91. The Bertz CT molecular complexity index is 1310. The van der Waals surface area contributed by atoms with Gasteiger partial charge in [0.2, 0.25) is 4.38 Å². The van der Waals surface area contributed by atoms with Gasteiger partial charge in [0.15, 0.2) is 18.1 Å². The number of thiocarbonyl (C=S) groups is 1. The van der Waals surface area contributed by atoms with Gasteiger partial charge in [0, 0.05) is 6.20 Å². The molecule has 2 saturated heterocycles. The molecule has 2 fully saturated rings. The summed E-state index contributed by atoms with van der Waals surface area (Å²) in [6.07, 6.45) is 2.76. The summed E-state index contributed by atoms with van der Waals surface area (Å²) in [6.45, 7) is 5.71. The minimum atomic E-state index is -0.910. The van der Waals surface area contributed by atoms with E-state index >= 15 is 0 Å². The van der Waals surface area contributed by atoms with Crippen molar-refractivity contribution < 1.29 is 18.9 Å². The fourth-order valence-electron chi connectivity index (χ4n) is 4.83. The van der Waals surface area contributed by atoms with E-state index in [1.165, 1.54) is 18.1 Å². The minimum Gasteiger partial charge on any atom is -0.467 e. The fourth-order valence-corrected chi connectivity index (χ4v) is 5.63. The maximum absolute atomic E-state index is 6.69. The topological polar surface area (TPSA) is 67.6 Å². The third-order valence-electron chi connectivity index (χ3n) is 6.22. The van der Waals surface area contributed by atoms with Crippen LogP contribution in [0.25, 0.3) is 11.0 Å². The van der Waals surface area contributed by atoms with E-state index in [1.807, 2.05) is 49.9 Å². The van der Waals surface area contributed by atoms with E-state index in [2.05, 4.69) is 9.97 Å². The summed E-state index contributed by atoms with van der Waals surface area (Å²) >= 11 is 25.6. The number of aromatic nitrogens is 3. The normalized spacial score (nSPS) is 28.3. The molecule has 0 amide bonds. The van der Waals surface area contributed by atoms with Crippen LogP contribution in [0.1, 0.15) is 38.7 Å². The summed E-state index contributed by atoms with van der Waals surface area (Å²) in [5.41, 5.74) is 0.460. The smallest absolute Gasteiger partial charge is 0.220 e. The zero-order valence-electron chi connectivity index (χ0n) is 19.2. The molecule has 0 N–H and O–H groups in total. The van der Waals surface area contributed by atoms with Crippen LogP contribution in [0.3, 0.4) is 0 Å². The largest absolute Gasteiger partial charge is 0.467 e. The molecule has 1 unspecified atom stereocenters. The van der Waals surface area contributed by atoms with Gasteiger partial charge in [-0.05, 0) is 63.0 Å². The predicted octanol–water partition coefficient (Wildman–Crippen LogP) is 6.60. The molecule has 0 spiro atoms. The number of benzene rings is 1. The molecule has 2 aliphatic heterocycles. The molecule has 186 valence electrons. The number of thioether (sulfide) groups is 1. The van der Waals surface area contributed by atoms with Crippen LogP contribution in [0.5, 0.6) is 0 Å². The van der Waals surface area contributed by atoms with Gasteiger partial charge in [-0.25, -0.2) is 9.97 Å². The molecule has 5 rings (SSSR count). The summed E-state index contributed by atoms with van der Waals surface area (Å²) in [4.78, 5) is 8.51. The lowest BCUT2D eigenvalue weighted by atomic mass is 9.88. The third-order valence-corrected chi connectivity index (χ3v) is 8.29. The van der Waals surface area contributed by atoms with Gasteiger partial charge >= 0.3 is 0 Å². The lowest BCUT2D eigenvalue weighted by Gasteiger charge is -2.34. The highest BCUT2D eigenvalue weighted by atomic mass is 35.5. The second kappa shape index (κ2) is 9.29. The summed E-state index contributed by atoms with van der Waals surface area (Å²) in [6, 6.07) is 7.17. The van der Waals surface area contributed by atoms with Gasteiger partial charge < -0.3 is 23.5 Å². The van der Waals surface area contributed by atoms with Crippen molar-refractivity contribution in [1.29, 1.82) is 0 Å². The first-order chi connectivity index (χ1) is 16.5. The molecule has 5 atom stereocenters. The van der Waals surface area contributed by atoms with Crippen molar-refractivity contribution in [3.63, 3.8) is 0 Å². The molecule has 2 aromatic heterocycles. The summed E-state index contributed by atoms with van der Waals surface area (Å²) in [7, 11) is 0. The highest BCUT2D eigenvalue weighted by Gasteiger charge is 2.66. The van der Waals surface area contributed by atoms with Crippen LogP contribution in [0, 0.1) is 0 Å². The molecule has 0 bridgehead atoms. The number of nitrogens with zero attached hydrogens (tertiary/aromatic N) is 3. The van der Waals surface area contributed by atoms with Crippen LogP contribution in [0.4, 0.5) is 0 Å². The maximum atomic E-state index is 6.69. The lowest BCUT2D eigenvalue weighted by Crippen LogP contribution is -2.47. The number of halogens is 3. The number of fused-ring (bicyclic) bond motifs is 2. The molecule has 12 heteroatoms. The van der Waals surface area contributed by atoms with Crippen molar-refractivity contribution in [1.82, 2.24) is 14.5 Å². The van der Waals surface area contributed by atoms with Crippen molar-refractivity contribution in [3.05, 3.63) is 57.6 Å². The molecule has 35 heavy (non-hydrogen) atoms. The first-order valence-corrected chi connectivity index (χ1v) is 13.5. The van der Waals surface area contributed by atoms with Gasteiger partial charge in [-0.1, -0.05) is 52.6 Å². The second-order valence-corrected chi connectivity index (χ2v) is 11.5. The molecule has 2 aliphatic rings. The highest BCUT2D eigenvalue weighted by molar-refractivity contribution is 8.22. The van der Waals surface area contributed by atoms with Gasteiger partial charge in [-0.2, -0.15) is 0 Å². The fraction of sp³-hybridized carbons (Fsp3) is 0.435. The number of hydrogen-bond acceptors (Lipinski definition) is 8. The van der Waals surface area contributed by atoms with Gasteiger partial charge in [-0.15, -0.1) is 0 Å². The van der Waals surface area contributed by atoms with Gasteiger partial charge in [0.25, 0.3) is 0 Å². The zero-order chi connectivity index (χ0) is 25.1. The predicted molar refractivity (Wildman–Crippen MR) is 141 cm³/mol. The number of ether oxygens (including phenoxy) is 4. The molecule has 0 radical (unpaired) electrons. The Morgan fingerprint density at radius 1 is 1.17 bits per heavy atom. The van der Waals surface area contributed by atoms with Crippen LogP contribution in [-0.2, 0) is 18.9 Å². The Morgan fingerprint density at radius 3 is 2.66 bits per heavy atom. The van der Waals surface area contributed by atoms with Crippen molar-refractivity contribution in [2.45, 2.75) is 56.7 Å². The van der Waals surface area contributed by atoms with Crippen molar-refractivity contribution in [3.8, 4) is 0 Å². The maximum Gasteiger partial charge on any atom is 0.220 e. The van der Waals surface area contributed by atoms with Crippen molar-refractivity contribution in [2.75, 3.05) is 6.26 Å². The number of rotatable bonds is 4. The molecular weight excluding hydrogens is 553 g/mol. The Balaban J connectivity index is 1.63. The molecule has 0 aliphatic carbocycles. The molecule has 3 aromatic rings. The van der Waals surface area contributed by atoms with Gasteiger partial charge in [0.05, 0.1) is 15.4 Å². The molecule has 4 heterocycles. The van der Waals surface area contributed by atoms with Crippen molar-refractivity contribution in [2.24, 2.45) is 0 Å². The van der Waals surface area contributed by atoms with Gasteiger partial charge in [-0.3, -0.25) is 0 Å². The Kier molecular flexibility index (Phi) is 6.76. The Hall–Kier alpha value is -1.17. The number of hydrogen-bond donors (Lipinski definition) is 0. The van der Waals surface area contributed by atoms with Crippen molar-refractivity contribution >= 4 is 74.2 Å². The van der Waals surface area contributed by atoms with Gasteiger partial charge in [0.1, 0.15) is 34.9 Å². The van der Waals surface area contributed by atoms with E-state index in [9.17, 15) is 0 Å². The average molecular weight is 575 g/mol. The highest BCUT2D eigenvalue weighted by Crippen LogP contribution is 2.54. The van der Waals surface area contributed by atoms with Crippen LogP contribution < -0.4 is 0 Å². The standard InChI is InChI=1S/C23H22Cl3N3O4S2/c1-22(2)32-17-20(29-8-7-12-18(26)27-10-28-19(12)29)31-16(23(17,3)33-22)15(30-21(34)35-4)11-5-6-13(24)14(25)9-11/h5-10,15-17,20H,1-4H3/t15?,16-,17+,20-,23-/m1/s1. The summed E-state index contributed by atoms with van der Waals surface area (Å²) < 4.78 is 28.1. The monoisotopic (exact) mass is 573 g/mol. The van der Waals surface area contributed by atoms with E-state index in [-0.39, 0.29) is 0 Å². The van der Waals surface area contributed by atoms with E-state index in [4.69, 9.17) is 66.0 Å².